The molecule has 0 N–H and O–H groups in total. The molecule has 1 amide bonds. The maximum atomic E-state index is 12.3. The fourth-order valence-electron chi connectivity index (χ4n) is 2.83. The van der Waals surface area contributed by atoms with E-state index in [-0.39, 0.29) is 12.0 Å². The molecule has 1 saturated heterocycles. The summed E-state index contributed by atoms with van der Waals surface area (Å²) >= 11 is 0. The van der Waals surface area contributed by atoms with Gasteiger partial charge in [-0.25, -0.2) is 0 Å². The summed E-state index contributed by atoms with van der Waals surface area (Å²) in [5.74, 6) is 0.886. The predicted octanol–water partition coefficient (Wildman–Crippen LogP) is 2.01. The smallest absolute Gasteiger partial charge is 0.225 e. The average Bonchev–Trinajstić information content (AvgIpc) is 2.41. The van der Waals surface area contributed by atoms with Crippen LogP contribution in [0.3, 0.4) is 0 Å². The fraction of sp³-hybridized carbons (Fsp3) is 0.941. The van der Waals surface area contributed by atoms with Gasteiger partial charge in [-0.3, -0.25) is 9.69 Å². The van der Waals surface area contributed by atoms with Crippen LogP contribution in [-0.2, 0) is 14.3 Å². The van der Waals surface area contributed by atoms with Crippen LogP contribution in [0.5, 0.6) is 0 Å². The molecule has 0 aliphatic carbocycles. The van der Waals surface area contributed by atoms with E-state index in [2.05, 4.69) is 25.7 Å². The maximum Gasteiger partial charge on any atom is 0.225 e. The molecule has 1 fully saturated rings. The van der Waals surface area contributed by atoms with Gasteiger partial charge >= 0.3 is 0 Å². The van der Waals surface area contributed by atoms with Gasteiger partial charge in [-0.15, -0.1) is 0 Å². The molecule has 0 aromatic heterocycles. The molecule has 1 heterocycles. The Morgan fingerprint density at radius 1 is 1.14 bits per heavy atom. The first-order valence-electron chi connectivity index (χ1n) is 8.61. The van der Waals surface area contributed by atoms with Crippen molar-refractivity contribution >= 4 is 5.91 Å². The highest BCUT2D eigenvalue weighted by Gasteiger charge is 2.27. The summed E-state index contributed by atoms with van der Waals surface area (Å²) in [5.41, 5.74) is 0. The normalized spacial score (nSPS) is 20.1. The van der Waals surface area contributed by atoms with Crippen molar-refractivity contribution in [2.24, 2.45) is 5.92 Å². The molecule has 0 spiro atoms. The van der Waals surface area contributed by atoms with Crippen LogP contribution >= 0.6 is 0 Å². The molecule has 0 aromatic rings. The van der Waals surface area contributed by atoms with Crippen molar-refractivity contribution in [3.8, 4) is 0 Å². The second-order valence-corrected chi connectivity index (χ2v) is 6.87. The Hall–Kier alpha value is -0.650. The van der Waals surface area contributed by atoms with E-state index >= 15 is 0 Å². The number of hydrogen-bond acceptors (Lipinski definition) is 4. The van der Waals surface area contributed by atoms with Gasteiger partial charge < -0.3 is 14.4 Å². The molecule has 0 aromatic carbocycles. The molecular formula is C17H34N2O3. The third-order valence-electron chi connectivity index (χ3n) is 3.79. The molecule has 130 valence electrons. The van der Waals surface area contributed by atoms with E-state index in [4.69, 9.17) is 9.47 Å². The monoisotopic (exact) mass is 314 g/mol. The van der Waals surface area contributed by atoms with E-state index in [1.807, 2.05) is 18.7 Å². The molecule has 0 saturated carbocycles. The Kier molecular flexibility index (Phi) is 8.98. The zero-order valence-electron chi connectivity index (χ0n) is 15.0. The van der Waals surface area contributed by atoms with Gasteiger partial charge in [0.25, 0.3) is 0 Å². The highest BCUT2D eigenvalue weighted by molar-refractivity contribution is 5.76. The molecule has 5 nitrogen and oxygen atoms in total. The van der Waals surface area contributed by atoms with Crippen LogP contribution in [0.2, 0.25) is 0 Å². The number of nitrogens with zero attached hydrogens (tertiary/aromatic N) is 2. The average molecular weight is 314 g/mol. The standard InChI is InChI=1S/C17H34N2O3/c1-14(2)12-18-7-8-19(16(5)13-18)17(20)6-9-21-10-11-22-15(3)4/h14-16H,6-13H2,1-5H3. The second kappa shape index (κ2) is 10.2. The number of ether oxygens (including phenoxy) is 2. The number of carbonyl (C=O) groups is 1. The summed E-state index contributed by atoms with van der Waals surface area (Å²) < 4.78 is 10.9. The lowest BCUT2D eigenvalue weighted by molar-refractivity contribution is -0.137. The maximum absolute atomic E-state index is 12.3. The summed E-state index contributed by atoms with van der Waals surface area (Å²) in [6.45, 7) is 16.2. The number of piperazine rings is 1. The van der Waals surface area contributed by atoms with E-state index in [0.717, 1.165) is 26.2 Å². The van der Waals surface area contributed by atoms with Crippen molar-refractivity contribution in [3.05, 3.63) is 0 Å². The second-order valence-electron chi connectivity index (χ2n) is 6.87. The van der Waals surface area contributed by atoms with Gasteiger partial charge in [0.05, 0.1) is 32.3 Å². The van der Waals surface area contributed by atoms with Crippen LogP contribution in [0, 0.1) is 5.92 Å². The van der Waals surface area contributed by atoms with Gasteiger partial charge in [0.1, 0.15) is 0 Å². The van der Waals surface area contributed by atoms with Crippen LogP contribution in [0.25, 0.3) is 0 Å². The summed E-state index contributed by atoms with van der Waals surface area (Å²) in [5, 5.41) is 0. The van der Waals surface area contributed by atoms with Gasteiger partial charge in [0, 0.05) is 32.2 Å². The fourth-order valence-corrected chi connectivity index (χ4v) is 2.83. The Bertz CT molecular complexity index is 321. The van der Waals surface area contributed by atoms with E-state index in [1.165, 1.54) is 0 Å². The summed E-state index contributed by atoms with van der Waals surface area (Å²) in [4.78, 5) is 16.7. The number of amides is 1. The van der Waals surface area contributed by atoms with Gasteiger partial charge in [-0.1, -0.05) is 13.8 Å². The van der Waals surface area contributed by atoms with E-state index in [9.17, 15) is 4.79 Å². The lowest BCUT2D eigenvalue weighted by Crippen LogP contribution is -2.54. The van der Waals surface area contributed by atoms with Crippen LogP contribution < -0.4 is 0 Å². The number of rotatable bonds is 9. The minimum Gasteiger partial charge on any atom is -0.379 e. The molecule has 1 unspecified atom stereocenters. The van der Waals surface area contributed by atoms with Crippen molar-refractivity contribution in [2.75, 3.05) is 46.0 Å². The van der Waals surface area contributed by atoms with Gasteiger partial charge in [-0.2, -0.15) is 0 Å². The molecular weight excluding hydrogens is 280 g/mol. The minimum absolute atomic E-state index is 0.210. The topological polar surface area (TPSA) is 42.0 Å². The number of carbonyl (C=O) groups excluding carboxylic acids is 1. The molecule has 1 rings (SSSR count). The van der Waals surface area contributed by atoms with Gasteiger partial charge in [-0.05, 0) is 26.7 Å². The molecule has 1 aliphatic rings. The third-order valence-corrected chi connectivity index (χ3v) is 3.79. The Morgan fingerprint density at radius 3 is 2.45 bits per heavy atom. The van der Waals surface area contributed by atoms with E-state index in [0.29, 0.717) is 38.2 Å². The molecule has 0 bridgehead atoms. The van der Waals surface area contributed by atoms with Crippen molar-refractivity contribution in [1.29, 1.82) is 0 Å². The highest BCUT2D eigenvalue weighted by Crippen LogP contribution is 2.12. The Labute approximate surface area is 135 Å². The minimum atomic E-state index is 0.210. The molecule has 22 heavy (non-hydrogen) atoms. The molecule has 1 atom stereocenters. The third kappa shape index (κ3) is 7.56. The van der Waals surface area contributed by atoms with Crippen LogP contribution in [-0.4, -0.2) is 73.9 Å². The van der Waals surface area contributed by atoms with E-state index < -0.39 is 0 Å². The lowest BCUT2D eigenvalue weighted by Gasteiger charge is -2.40. The number of hydrogen-bond donors (Lipinski definition) is 0. The van der Waals surface area contributed by atoms with Gasteiger partial charge in [0.2, 0.25) is 5.91 Å². The predicted molar refractivity (Wildman–Crippen MR) is 89.0 cm³/mol. The van der Waals surface area contributed by atoms with Crippen molar-refractivity contribution in [3.63, 3.8) is 0 Å². The first kappa shape index (κ1) is 19.4. The first-order valence-corrected chi connectivity index (χ1v) is 8.61. The largest absolute Gasteiger partial charge is 0.379 e. The van der Waals surface area contributed by atoms with Gasteiger partial charge in [0.15, 0.2) is 0 Å². The van der Waals surface area contributed by atoms with Crippen molar-refractivity contribution in [1.82, 2.24) is 9.80 Å². The first-order chi connectivity index (χ1) is 10.4. The zero-order chi connectivity index (χ0) is 16.5. The lowest BCUT2D eigenvalue weighted by atomic mass is 10.1. The zero-order valence-corrected chi connectivity index (χ0v) is 15.0. The van der Waals surface area contributed by atoms with Crippen LogP contribution in [0.4, 0.5) is 0 Å². The quantitative estimate of drug-likeness (QED) is 0.611. The van der Waals surface area contributed by atoms with Crippen LogP contribution in [0.1, 0.15) is 41.0 Å². The molecule has 1 aliphatic heterocycles. The Morgan fingerprint density at radius 2 is 1.86 bits per heavy atom. The summed E-state index contributed by atoms with van der Waals surface area (Å²) in [6.07, 6.45) is 0.698. The van der Waals surface area contributed by atoms with Crippen molar-refractivity contribution in [2.45, 2.75) is 53.2 Å². The molecule has 0 radical (unpaired) electrons. The SMILES string of the molecule is CC(C)CN1CCN(C(=O)CCOCCOC(C)C)C(C)C1. The van der Waals surface area contributed by atoms with Crippen molar-refractivity contribution < 1.29 is 14.3 Å². The Balaban J connectivity index is 2.18. The van der Waals surface area contributed by atoms with Crippen LogP contribution in [0.15, 0.2) is 0 Å². The van der Waals surface area contributed by atoms with E-state index in [1.54, 1.807) is 0 Å². The highest BCUT2D eigenvalue weighted by atomic mass is 16.5. The summed E-state index contributed by atoms with van der Waals surface area (Å²) in [6, 6.07) is 0.296. The molecule has 5 heteroatoms. The summed E-state index contributed by atoms with van der Waals surface area (Å²) in [7, 11) is 0.